The van der Waals surface area contributed by atoms with Crippen molar-refractivity contribution in [1.82, 2.24) is 0 Å². The molecule has 18 heavy (non-hydrogen) atoms. The van der Waals surface area contributed by atoms with Crippen molar-refractivity contribution in [2.75, 3.05) is 5.33 Å². The van der Waals surface area contributed by atoms with Crippen LogP contribution < -0.4 is 0 Å². The zero-order valence-corrected chi connectivity index (χ0v) is 11.4. The first kappa shape index (κ1) is 15.3. The topological polar surface area (TPSA) is 43.1 Å². The summed E-state index contributed by atoms with van der Waals surface area (Å²) in [6, 6.07) is 3.85. The summed E-state index contributed by atoms with van der Waals surface area (Å²) < 4.78 is 36.9. The zero-order valence-electron chi connectivity index (χ0n) is 9.04. The zero-order chi connectivity index (χ0) is 13.8. The molecule has 1 aromatic rings. The van der Waals surface area contributed by atoms with Crippen LogP contribution in [0.4, 0.5) is 18.9 Å². The molecule has 0 aromatic heterocycles. The molecule has 0 saturated carbocycles. The van der Waals surface area contributed by atoms with Gasteiger partial charge < -0.3 is 0 Å². The Kier molecular flexibility index (Phi) is 5.46. The Labute approximate surface area is 114 Å². The van der Waals surface area contributed by atoms with Crippen LogP contribution in [0.25, 0.3) is 0 Å². The summed E-state index contributed by atoms with van der Waals surface area (Å²) in [4.78, 5) is 9.49. The smallest absolute Gasteiger partial charge is 0.258 e. The van der Waals surface area contributed by atoms with Crippen LogP contribution in [0.2, 0.25) is 0 Å². The molecule has 0 bridgehead atoms. The van der Waals surface area contributed by atoms with Crippen LogP contribution in [0, 0.1) is 10.1 Å². The standard InChI is InChI=1S/C10H9BrF3NO2S/c11-5-1-2-7-3-4-8(15(16)17)9(6-7)18-10(12,13)14/h3-4,6H,1-2,5H2. The number of hydrogen-bond donors (Lipinski definition) is 0. The summed E-state index contributed by atoms with van der Waals surface area (Å²) in [5.74, 6) is 0. The lowest BCUT2D eigenvalue weighted by atomic mass is 10.1. The molecule has 0 atom stereocenters. The quantitative estimate of drug-likeness (QED) is 0.341. The highest BCUT2D eigenvalue weighted by Gasteiger charge is 2.33. The second kappa shape index (κ2) is 6.42. The van der Waals surface area contributed by atoms with E-state index >= 15 is 0 Å². The molecule has 3 nitrogen and oxygen atoms in total. The van der Waals surface area contributed by atoms with Gasteiger partial charge in [0.1, 0.15) is 0 Å². The fourth-order valence-corrected chi connectivity index (χ4v) is 2.33. The third-order valence-electron chi connectivity index (χ3n) is 2.05. The maximum atomic E-state index is 12.3. The molecule has 0 N–H and O–H groups in total. The van der Waals surface area contributed by atoms with Gasteiger partial charge >= 0.3 is 5.51 Å². The van der Waals surface area contributed by atoms with Gasteiger partial charge in [0, 0.05) is 11.4 Å². The lowest BCUT2D eigenvalue weighted by Gasteiger charge is -2.08. The number of rotatable bonds is 5. The first-order valence-electron chi connectivity index (χ1n) is 4.92. The molecule has 1 rings (SSSR count). The summed E-state index contributed by atoms with van der Waals surface area (Å²) in [5.41, 5.74) is -4.38. The number of hydrogen-bond acceptors (Lipinski definition) is 3. The second-order valence-electron chi connectivity index (χ2n) is 3.40. The van der Waals surface area contributed by atoms with Crippen LogP contribution in [-0.4, -0.2) is 15.8 Å². The van der Waals surface area contributed by atoms with Crippen LogP contribution in [-0.2, 0) is 6.42 Å². The predicted molar refractivity (Wildman–Crippen MR) is 67.1 cm³/mol. The number of halogens is 4. The van der Waals surface area contributed by atoms with E-state index in [9.17, 15) is 23.3 Å². The highest BCUT2D eigenvalue weighted by atomic mass is 79.9. The molecule has 0 amide bonds. The molecule has 100 valence electrons. The van der Waals surface area contributed by atoms with E-state index < -0.39 is 27.9 Å². The summed E-state index contributed by atoms with van der Waals surface area (Å²) in [6.07, 6.45) is 1.34. The van der Waals surface area contributed by atoms with Crippen molar-refractivity contribution >= 4 is 33.4 Å². The largest absolute Gasteiger partial charge is 0.446 e. The Hall–Kier alpha value is -0.760. The normalized spacial score (nSPS) is 11.6. The van der Waals surface area contributed by atoms with Gasteiger partial charge in [0.25, 0.3) is 5.69 Å². The minimum atomic E-state index is -4.53. The summed E-state index contributed by atoms with van der Waals surface area (Å²) in [6.45, 7) is 0. The molecule has 0 aliphatic heterocycles. The Morgan fingerprint density at radius 2 is 2.06 bits per heavy atom. The van der Waals surface area contributed by atoms with Gasteiger partial charge in [-0.05, 0) is 36.2 Å². The van der Waals surface area contributed by atoms with Gasteiger partial charge in [-0.3, -0.25) is 10.1 Å². The van der Waals surface area contributed by atoms with Crippen molar-refractivity contribution in [3.05, 3.63) is 33.9 Å². The fourth-order valence-electron chi connectivity index (χ4n) is 1.34. The molecular formula is C10H9BrF3NO2S. The number of alkyl halides is 4. The number of aryl methyl sites for hydroxylation is 1. The average molecular weight is 344 g/mol. The highest BCUT2D eigenvalue weighted by molar-refractivity contribution is 9.09. The predicted octanol–water partition coefficient (Wildman–Crippen LogP) is 4.53. The second-order valence-corrected chi connectivity index (χ2v) is 5.30. The molecule has 0 aliphatic rings. The van der Waals surface area contributed by atoms with Crippen molar-refractivity contribution in [3.63, 3.8) is 0 Å². The highest BCUT2D eigenvalue weighted by Crippen LogP contribution is 2.41. The fraction of sp³-hybridized carbons (Fsp3) is 0.400. The van der Waals surface area contributed by atoms with E-state index in [-0.39, 0.29) is 4.90 Å². The summed E-state index contributed by atoms with van der Waals surface area (Å²) in [7, 11) is 0. The maximum Gasteiger partial charge on any atom is 0.446 e. The molecule has 0 heterocycles. The molecule has 8 heteroatoms. The van der Waals surface area contributed by atoms with E-state index in [1.165, 1.54) is 12.1 Å². The van der Waals surface area contributed by atoms with E-state index in [1.54, 1.807) is 0 Å². The van der Waals surface area contributed by atoms with Gasteiger partial charge in [0.15, 0.2) is 0 Å². The van der Waals surface area contributed by atoms with Crippen LogP contribution in [0.3, 0.4) is 0 Å². The van der Waals surface area contributed by atoms with Crippen LogP contribution >= 0.6 is 27.7 Å². The molecule has 0 saturated heterocycles. The monoisotopic (exact) mass is 343 g/mol. The first-order valence-corrected chi connectivity index (χ1v) is 6.86. The van der Waals surface area contributed by atoms with Crippen molar-refractivity contribution in [1.29, 1.82) is 0 Å². The van der Waals surface area contributed by atoms with Gasteiger partial charge in [-0.15, -0.1) is 0 Å². The number of nitro benzene ring substituents is 1. The van der Waals surface area contributed by atoms with E-state index in [2.05, 4.69) is 15.9 Å². The third kappa shape index (κ3) is 4.85. The van der Waals surface area contributed by atoms with Crippen LogP contribution in [0.5, 0.6) is 0 Å². The number of nitrogens with zero attached hydrogens (tertiary/aromatic N) is 1. The van der Waals surface area contributed by atoms with Crippen LogP contribution in [0.15, 0.2) is 23.1 Å². The van der Waals surface area contributed by atoms with Gasteiger partial charge in [-0.1, -0.05) is 22.0 Å². The average Bonchev–Trinajstić information content (AvgIpc) is 2.23. The van der Waals surface area contributed by atoms with Crippen molar-refractivity contribution in [3.8, 4) is 0 Å². The molecule has 0 aliphatic carbocycles. The minimum Gasteiger partial charge on any atom is -0.258 e. The maximum absolute atomic E-state index is 12.3. The Bertz CT molecular complexity index is 440. The molecule has 0 unspecified atom stereocenters. The Balaban J connectivity index is 3.03. The lowest BCUT2D eigenvalue weighted by Crippen LogP contribution is -2.02. The Morgan fingerprint density at radius 1 is 1.39 bits per heavy atom. The summed E-state index contributed by atoms with van der Waals surface area (Å²) >= 11 is 2.77. The van der Waals surface area contributed by atoms with Crippen molar-refractivity contribution < 1.29 is 18.1 Å². The van der Waals surface area contributed by atoms with Crippen molar-refractivity contribution in [2.24, 2.45) is 0 Å². The number of nitro groups is 1. The van der Waals surface area contributed by atoms with E-state index in [4.69, 9.17) is 0 Å². The molecule has 0 spiro atoms. The van der Waals surface area contributed by atoms with E-state index in [0.29, 0.717) is 12.0 Å². The summed E-state index contributed by atoms with van der Waals surface area (Å²) in [5, 5.41) is 11.4. The minimum absolute atomic E-state index is 0.362. The number of benzene rings is 1. The molecular weight excluding hydrogens is 335 g/mol. The molecule has 0 fully saturated rings. The molecule has 0 radical (unpaired) electrons. The van der Waals surface area contributed by atoms with Crippen LogP contribution in [0.1, 0.15) is 12.0 Å². The third-order valence-corrected chi connectivity index (χ3v) is 3.38. The SMILES string of the molecule is O=[N+]([O-])c1ccc(CCCBr)cc1SC(F)(F)F. The van der Waals surface area contributed by atoms with Gasteiger partial charge in [0.2, 0.25) is 0 Å². The molecule has 1 aromatic carbocycles. The number of thioether (sulfide) groups is 1. The van der Waals surface area contributed by atoms with Gasteiger partial charge in [-0.2, -0.15) is 13.2 Å². The van der Waals surface area contributed by atoms with Crippen molar-refractivity contribution in [2.45, 2.75) is 23.2 Å². The van der Waals surface area contributed by atoms with E-state index in [1.807, 2.05) is 0 Å². The van der Waals surface area contributed by atoms with E-state index in [0.717, 1.165) is 17.8 Å². The Morgan fingerprint density at radius 3 is 2.56 bits per heavy atom. The first-order chi connectivity index (χ1) is 8.33. The van der Waals surface area contributed by atoms with Gasteiger partial charge in [-0.25, -0.2) is 0 Å². The lowest BCUT2D eigenvalue weighted by molar-refractivity contribution is -0.387. The van der Waals surface area contributed by atoms with Gasteiger partial charge in [0.05, 0.1) is 9.82 Å².